The number of benzene rings is 2. The summed E-state index contributed by atoms with van der Waals surface area (Å²) >= 11 is 0. The zero-order valence-corrected chi connectivity index (χ0v) is 12.9. The van der Waals surface area contributed by atoms with E-state index >= 15 is 0 Å². The number of halogens is 2. The topological polar surface area (TPSA) is 67.4 Å². The van der Waals surface area contributed by atoms with Crippen molar-refractivity contribution < 1.29 is 23.1 Å². The van der Waals surface area contributed by atoms with Gasteiger partial charge in [0.1, 0.15) is 5.75 Å². The first-order chi connectivity index (χ1) is 11.5. The number of aryl methyl sites for hydroxylation is 1. The molecule has 0 heterocycles. The molecule has 126 valence electrons. The molecule has 0 aromatic heterocycles. The molecule has 2 rings (SSSR count). The molecule has 2 amide bonds. The van der Waals surface area contributed by atoms with Crippen LogP contribution in [0.4, 0.5) is 14.5 Å². The maximum absolute atomic E-state index is 12.3. The van der Waals surface area contributed by atoms with Gasteiger partial charge in [-0.1, -0.05) is 30.3 Å². The van der Waals surface area contributed by atoms with Crippen molar-refractivity contribution in [3.05, 3.63) is 59.7 Å². The van der Waals surface area contributed by atoms with E-state index in [9.17, 15) is 18.4 Å². The molecule has 2 aromatic rings. The monoisotopic (exact) mass is 334 g/mol. The molecule has 0 unspecified atom stereocenters. The van der Waals surface area contributed by atoms with E-state index in [1.165, 1.54) is 24.3 Å². The number of hydrogen-bond acceptors (Lipinski definition) is 3. The third kappa shape index (κ3) is 4.77. The molecule has 5 nitrogen and oxygen atoms in total. The molecular weight excluding hydrogens is 318 g/mol. The molecule has 0 aliphatic heterocycles. The number of nitrogens with one attached hydrogen (secondary N) is 2. The van der Waals surface area contributed by atoms with Gasteiger partial charge in [-0.05, 0) is 30.7 Å². The lowest BCUT2D eigenvalue weighted by atomic mass is 10.2. The Morgan fingerprint density at radius 2 is 1.75 bits per heavy atom. The SMILES string of the molecule is Cc1ccccc1NC(=O)CNC(=O)c1ccccc1OC(F)F. The minimum Gasteiger partial charge on any atom is -0.434 e. The quantitative estimate of drug-likeness (QED) is 0.853. The molecule has 0 saturated carbocycles. The molecule has 24 heavy (non-hydrogen) atoms. The molecule has 2 aromatic carbocycles. The van der Waals surface area contributed by atoms with Crippen LogP contribution in [0.5, 0.6) is 5.75 Å². The highest BCUT2D eigenvalue weighted by atomic mass is 19.3. The average molecular weight is 334 g/mol. The first-order valence-electron chi connectivity index (χ1n) is 7.15. The number of carbonyl (C=O) groups excluding carboxylic acids is 2. The minimum absolute atomic E-state index is 0.0681. The summed E-state index contributed by atoms with van der Waals surface area (Å²) in [6.07, 6.45) is 0. The molecule has 0 saturated heterocycles. The highest BCUT2D eigenvalue weighted by Gasteiger charge is 2.16. The van der Waals surface area contributed by atoms with Crippen LogP contribution in [-0.4, -0.2) is 25.0 Å². The van der Waals surface area contributed by atoms with Crippen LogP contribution in [0.1, 0.15) is 15.9 Å². The van der Waals surface area contributed by atoms with Gasteiger partial charge in [0, 0.05) is 5.69 Å². The summed E-state index contributed by atoms with van der Waals surface area (Å²) in [6, 6.07) is 12.8. The van der Waals surface area contributed by atoms with Gasteiger partial charge in [0.05, 0.1) is 12.1 Å². The van der Waals surface area contributed by atoms with Gasteiger partial charge < -0.3 is 15.4 Å². The lowest BCUT2D eigenvalue weighted by molar-refractivity contribution is -0.115. The first kappa shape index (κ1) is 17.4. The highest BCUT2D eigenvalue weighted by molar-refractivity contribution is 6.01. The summed E-state index contributed by atoms with van der Waals surface area (Å²) < 4.78 is 29.0. The van der Waals surface area contributed by atoms with E-state index in [2.05, 4.69) is 15.4 Å². The molecule has 0 spiro atoms. The van der Waals surface area contributed by atoms with E-state index in [0.717, 1.165) is 5.56 Å². The molecular formula is C17H16F2N2O3. The van der Waals surface area contributed by atoms with Crippen LogP contribution in [0.15, 0.2) is 48.5 Å². The second-order valence-corrected chi connectivity index (χ2v) is 4.92. The predicted molar refractivity (Wildman–Crippen MR) is 85.2 cm³/mol. The number of alkyl halides is 2. The Morgan fingerprint density at radius 1 is 1.08 bits per heavy atom. The van der Waals surface area contributed by atoms with Crippen LogP contribution in [-0.2, 0) is 4.79 Å². The molecule has 7 heteroatoms. The Morgan fingerprint density at radius 3 is 2.46 bits per heavy atom. The summed E-state index contributed by atoms with van der Waals surface area (Å²) in [7, 11) is 0. The van der Waals surface area contributed by atoms with E-state index < -0.39 is 18.4 Å². The smallest absolute Gasteiger partial charge is 0.387 e. The van der Waals surface area contributed by atoms with Crippen LogP contribution in [0, 0.1) is 6.92 Å². The summed E-state index contributed by atoms with van der Waals surface area (Å²) in [5.41, 5.74) is 1.45. The fourth-order valence-corrected chi connectivity index (χ4v) is 2.02. The summed E-state index contributed by atoms with van der Waals surface area (Å²) in [5, 5.41) is 5.04. The maximum atomic E-state index is 12.3. The second-order valence-electron chi connectivity index (χ2n) is 4.92. The minimum atomic E-state index is -3.04. The normalized spacial score (nSPS) is 10.3. The van der Waals surface area contributed by atoms with Gasteiger partial charge in [-0.25, -0.2) is 0 Å². The van der Waals surface area contributed by atoms with E-state index in [4.69, 9.17) is 0 Å². The number of anilines is 1. The molecule has 0 radical (unpaired) electrons. The van der Waals surface area contributed by atoms with E-state index in [0.29, 0.717) is 5.69 Å². The van der Waals surface area contributed by atoms with Crippen LogP contribution >= 0.6 is 0 Å². The fourth-order valence-electron chi connectivity index (χ4n) is 2.02. The number of rotatable bonds is 6. The number of hydrogen-bond donors (Lipinski definition) is 2. The third-order valence-electron chi connectivity index (χ3n) is 3.18. The first-order valence-corrected chi connectivity index (χ1v) is 7.15. The van der Waals surface area contributed by atoms with E-state index in [1.807, 2.05) is 19.1 Å². The lowest BCUT2D eigenvalue weighted by Crippen LogP contribution is -2.33. The van der Waals surface area contributed by atoms with Crippen molar-refractivity contribution in [2.24, 2.45) is 0 Å². The predicted octanol–water partition coefficient (Wildman–Crippen LogP) is 2.96. The van der Waals surface area contributed by atoms with Crippen molar-refractivity contribution in [1.82, 2.24) is 5.32 Å². The van der Waals surface area contributed by atoms with Gasteiger partial charge in [0.15, 0.2) is 0 Å². The van der Waals surface area contributed by atoms with Crippen molar-refractivity contribution >= 4 is 17.5 Å². The third-order valence-corrected chi connectivity index (χ3v) is 3.18. The average Bonchev–Trinajstić information content (AvgIpc) is 2.55. The molecule has 2 N–H and O–H groups in total. The molecule has 0 aliphatic rings. The summed E-state index contributed by atoms with van der Waals surface area (Å²) in [6.45, 7) is -1.49. The Hall–Kier alpha value is -2.96. The number of carbonyl (C=O) groups is 2. The van der Waals surface area contributed by atoms with Gasteiger partial charge >= 0.3 is 6.61 Å². The summed E-state index contributed by atoms with van der Waals surface area (Å²) in [5.74, 6) is -1.35. The number of amides is 2. The zero-order chi connectivity index (χ0) is 17.5. The zero-order valence-electron chi connectivity index (χ0n) is 12.9. The number of ether oxygens (including phenoxy) is 1. The van der Waals surface area contributed by atoms with Gasteiger partial charge in [-0.2, -0.15) is 8.78 Å². The van der Waals surface area contributed by atoms with Crippen LogP contribution < -0.4 is 15.4 Å². The lowest BCUT2D eigenvalue weighted by Gasteiger charge is -2.11. The molecule has 0 aliphatic carbocycles. The maximum Gasteiger partial charge on any atom is 0.387 e. The molecule has 0 bridgehead atoms. The Bertz CT molecular complexity index is 735. The van der Waals surface area contributed by atoms with Crippen molar-refractivity contribution in [2.75, 3.05) is 11.9 Å². The van der Waals surface area contributed by atoms with Gasteiger partial charge in [0.25, 0.3) is 5.91 Å². The highest BCUT2D eigenvalue weighted by Crippen LogP contribution is 2.20. The van der Waals surface area contributed by atoms with Crippen molar-refractivity contribution in [3.8, 4) is 5.75 Å². The van der Waals surface area contributed by atoms with Crippen molar-refractivity contribution in [3.63, 3.8) is 0 Å². The van der Waals surface area contributed by atoms with Gasteiger partial charge in [0.2, 0.25) is 5.91 Å². The Balaban J connectivity index is 1.96. The van der Waals surface area contributed by atoms with Gasteiger partial charge in [-0.15, -0.1) is 0 Å². The van der Waals surface area contributed by atoms with E-state index in [1.54, 1.807) is 12.1 Å². The summed E-state index contributed by atoms with van der Waals surface area (Å²) in [4.78, 5) is 23.9. The fraction of sp³-hybridized carbons (Fsp3) is 0.176. The van der Waals surface area contributed by atoms with Crippen LogP contribution in [0.25, 0.3) is 0 Å². The molecule has 0 fully saturated rings. The molecule has 0 atom stereocenters. The van der Waals surface area contributed by atoms with Crippen LogP contribution in [0.2, 0.25) is 0 Å². The number of para-hydroxylation sites is 2. The standard InChI is InChI=1S/C17H16F2N2O3/c1-11-6-2-4-8-13(11)21-15(22)10-20-16(23)12-7-3-5-9-14(12)24-17(18)19/h2-9,17H,10H2,1H3,(H,20,23)(H,21,22). The Labute approximate surface area is 137 Å². The van der Waals surface area contributed by atoms with Crippen LogP contribution in [0.3, 0.4) is 0 Å². The van der Waals surface area contributed by atoms with Gasteiger partial charge in [-0.3, -0.25) is 9.59 Å². The van der Waals surface area contributed by atoms with E-state index in [-0.39, 0.29) is 17.9 Å². The Kier molecular flexibility index (Phi) is 5.83. The largest absolute Gasteiger partial charge is 0.434 e. The van der Waals surface area contributed by atoms with Crippen molar-refractivity contribution in [2.45, 2.75) is 13.5 Å². The van der Waals surface area contributed by atoms with Crippen molar-refractivity contribution in [1.29, 1.82) is 0 Å². The second kappa shape index (κ2) is 8.05.